The van der Waals surface area contributed by atoms with Gasteiger partial charge in [0, 0.05) is 65.8 Å². The highest BCUT2D eigenvalue weighted by Crippen LogP contribution is 2.33. The van der Waals surface area contributed by atoms with Crippen LogP contribution in [0.5, 0.6) is 0 Å². The number of hydrogen-bond acceptors (Lipinski definition) is 4. The van der Waals surface area contributed by atoms with Gasteiger partial charge in [-0.15, -0.1) is 0 Å². The number of nitrogens with one attached hydrogen (secondary N) is 1. The van der Waals surface area contributed by atoms with Crippen LogP contribution in [0.25, 0.3) is 10.9 Å². The number of alkyl halides is 3. The maximum Gasteiger partial charge on any atom is 0.416 e. The van der Waals surface area contributed by atoms with Crippen LogP contribution in [-0.4, -0.2) is 36.1 Å². The zero-order valence-corrected chi connectivity index (χ0v) is 20.5. The van der Waals surface area contributed by atoms with E-state index in [0.29, 0.717) is 10.9 Å². The Hall–Kier alpha value is -3.10. The molecule has 0 aliphatic carbocycles. The van der Waals surface area contributed by atoms with Crippen molar-refractivity contribution in [2.24, 2.45) is 0 Å². The van der Waals surface area contributed by atoms with Gasteiger partial charge in [0.25, 0.3) is 0 Å². The molecule has 0 atom stereocenters. The summed E-state index contributed by atoms with van der Waals surface area (Å²) in [5.74, 6) is 0. The molecule has 4 nitrogen and oxygen atoms in total. The lowest BCUT2D eigenvalue weighted by molar-refractivity contribution is -0.137. The summed E-state index contributed by atoms with van der Waals surface area (Å²) in [5.41, 5.74) is 3.69. The van der Waals surface area contributed by atoms with Crippen LogP contribution in [0, 0.1) is 0 Å². The first-order valence-electron chi connectivity index (χ1n) is 11.4. The summed E-state index contributed by atoms with van der Waals surface area (Å²) in [6.07, 6.45) is -2.87. The van der Waals surface area contributed by atoms with Crippen LogP contribution in [0.15, 0.2) is 83.5 Å². The fraction of sp³-hybridized carbons (Fsp3) is 0.222. The predicted octanol–water partition coefficient (Wildman–Crippen LogP) is 7.08. The molecule has 0 bridgehead atoms. The lowest BCUT2D eigenvalue weighted by Crippen LogP contribution is -2.45. The molecule has 1 aromatic heterocycles. The molecule has 35 heavy (non-hydrogen) atoms. The van der Waals surface area contributed by atoms with Gasteiger partial charge in [-0.05, 0) is 60.2 Å². The normalized spacial score (nSPS) is 14.9. The van der Waals surface area contributed by atoms with Gasteiger partial charge in [-0.2, -0.15) is 13.2 Å². The van der Waals surface area contributed by atoms with E-state index >= 15 is 0 Å². The molecule has 0 saturated carbocycles. The smallest absolute Gasteiger partial charge is 0.369 e. The lowest BCUT2D eigenvalue weighted by atomic mass is 10.1. The third kappa shape index (κ3) is 5.60. The van der Waals surface area contributed by atoms with Crippen molar-refractivity contribution in [3.05, 3.63) is 94.6 Å². The minimum absolute atomic E-state index is 0.309. The van der Waals surface area contributed by atoms with Gasteiger partial charge in [0.1, 0.15) is 0 Å². The largest absolute Gasteiger partial charge is 0.416 e. The Kier molecular flexibility index (Phi) is 6.67. The van der Waals surface area contributed by atoms with Crippen molar-refractivity contribution in [2.45, 2.75) is 12.7 Å². The Morgan fingerprint density at radius 1 is 0.857 bits per heavy atom. The van der Waals surface area contributed by atoms with Crippen LogP contribution in [0.3, 0.4) is 0 Å². The predicted molar refractivity (Wildman–Crippen MR) is 138 cm³/mol. The lowest BCUT2D eigenvalue weighted by Gasteiger charge is -2.36. The highest BCUT2D eigenvalue weighted by Gasteiger charge is 2.30. The molecule has 5 rings (SSSR count). The number of pyridine rings is 1. The molecule has 1 N–H and O–H groups in total. The fourth-order valence-corrected chi connectivity index (χ4v) is 4.62. The second-order valence-electron chi connectivity index (χ2n) is 8.65. The van der Waals surface area contributed by atoms with E-state index in [-0.39, 0.29) is 0 Å². The van der Waals surface area contributed by atoms with Gasteiger partial charge >= 0.3 is 6.18 Å². The van der Waals surface area contributed by atoms with E-state index in [9.17, 15) is 13.2 Å². The number of halogens is 4. The molecule has 0 spiro atoms. The molecular formula is C27H24BrF3N4. The average molecular weight is 541 g/mol. The molecule has 1 aliphatic rings. The molecule has 2 heterocycles. The zero-order chi connectivity index (χ0) is 24.4. The number of aromatic nitrogens is 1. The summed E-state index contributed by atoms with van der Waals surface area (Å²) < 4.78 is 40.2. The van der Waals surface area contributed by atoms with E-state index in [0.717, 1.165) is 60.7 Å². The molecule has 180 valence electrons. The number of hydrogen-bond donors (Lipinski definition) is 1. The Morgan fingerprint density at radius 2 is 1.57 bits per heavy atom. The first-order chi connectivity index (χ1) is 16.8. The van der Waals surface area contributed by atoms with Crippen LogP contribution in [-0.2, 0) is 12.7 Å². The molecule has 1 aliphatic heterocycles. The second kappa shape index (κ2) is 9.87. The third-order valence-electron chi connectivity index (χ3n) is 6.27. The van der Waals surface area contributed by atoms with E-state index < -0.39 is 11.7 Å². The molecule has 1 fully saturated rings. The van der Waals surface area contributed by atoms with Gasteiger partial charge in [0.2, 0.25) is 0 Å². The van der Waals surface area contributed by atoms with Gasteiger partial charge in [0.15, 0.2) is 0 Å². The minimum atomic E-state index is -4.39. The van der Waals surface area contributed by atoms with Crippen LogP contribution in [0.4, 0.5) is 30.2 Å². The molecule has 0 radical (unpaired) electrons. The van der Waals surface area contributed by atoms with Crippen molar-refractivity contribution in [2.75, 3.05) is 36.4 Å². The van der Waals surface area contributed by atoms with Gasteiger partial charge < -0.3 is 10.2 Å². The van der Waals surface area contributed by atoms with E-state index in [1.165, 1.54) is 23.5 Å². The summed E-state index contributed by atoms with van der Waals surface area (Å²) in [5, 5.41) is 3.97. The van der Waals surface area contributed by atoms with Gasteiger partial charge in [-0.1, -0.05) is 34.1 Å². The molecular weight excluding hydrogens is 517 g/mol. The maximum atomic E-state index is 13.0. The summed E-state index contributed by atoms with van der Waals surface area (Å²) in [6, 6.07) is 22.0. The van der Waals surface area contributed by atoms with Crippen molar-refractivity contribution in [3.63, 3.8) is 0 Å². The monoisotopic (exact) mass is 540 g/mol. The highest BCUT2D eigenvalue weighted by atomic mass is 79.9. The van der Waals surface area contributed by atoms with Crippen molar-refractivity contribution in [1.82, 2.24) is 9.88 Å². The number of fused-ring (bicyclic) bond motifs is 1. The van der Waals surface area contributed by atoms with Gasteiger partial charge in [-0.3, -0.25) is 9.88 Å². The van der Waals surface area contributed by atoms with Crippen molar-refractivity contribution >= 4 is 43.9 Å². The van der Waals surface area contributed by atoms with E-state index in [4.69, 9.17) is 0 Å². The summed E-state index contributed by atoms with van der Waals surface area (Å²) in [6.45, 7) is 4.86. The molecule has 3 aromatic carbocycles. The minimum Gasteiger partial charge on any atom is -0.369 e. The van der Waals surface area contributed by atoms with E-state index in [1.807, 2.05) is 12.1 Å². The number of nitrogens with zero attached hydrogens (tertiary/aromatic N) is 3. The number of benzene rings is 3. The standard InChI is InChI=1S/C27H24BrF3N4/c28-21-4-8-23(9-5-21)35-15-13-34(14-16-35)18-19-1-6-22(7-2-19)33-25-11-12-32-26-17-20(27(29,30)31)3-10-24(25)26/h1-12,17H,13-16,18H2,(H,32,33). The van der Waals surface area contributed by atoms with Crippen molar-refractivity contribution in [1.29, 1.82) is 0 Å². The first-order valence-corrected chi connectivity index (χ1v) is 12.2. The Labute approximate surface area is 210 Å². The quantitative estimate of drug-likeness (QED) is 0.293. The Morgan fingerprint density at radius 3 is 2.26 bits per heavy atom. The van der Waals surface area contributed by atoms with Crippen LogP contribution in [0.1, 0.15) is 11.1 Å². The fourth-order valence-electron chi connectivity index (χ4n) is 4.36. The Bertz CT molecular complexity index is 1300. The highest BCUT2D eigenvalue weighted by molar-refractivity contribution is 9.10. The molecule has 0 amide bonds. The number of rotatable bonds is 5. The Balaban J connectivity index is 1.21. The second-order valence-corrected chi connectivity index (χ2v) is 9.57. The van der Waals surface area contributed by atoms with Crippen molar-refractivity contribution < 1.29 is 13.2 Å². The van der Waals surface area contributed by atoms with Crippen LogP contribution >= 0.6 is 15.9 Å². The third-order valence-corrected chi connectivity index (χ3v) is 6.80. The molecule has 0 unspecified atom stereocenters. The summed E-state index contributed by atoms with van der Waals surface area (Å²) in [4.78, 5) is 8.97. The number of anilines is 3. The first kappa shape index (κ1) is 23.6. The SMILES string of the molecule is FC(F)(F)c1ccc2c(Nc3ccc(CN4CCN(c5ccc(Br)cc5)CC4)cc3)ccnc2c1. The average Bonchev–Trinajstić information content (AvgIpc) is 2.86. The summed E-state index contributed by atoms with van der Waals surface area (Å²) in [7, 11) is 0. The van der Waals surface area contributed by atoms with E-state index in [2.05, 4.69) is 72.4 Å². The topological polar surface area (TPSA) is 31.4 Å². The van der Waals surface area contributed by atoms with Crippen LogP contribution in [0.2, 0.25) is 0 Å². The maximum absolute atomic E-state index is 13.0. The van der Waals surface area contributed by atoms with Crippen molar-refractivity contribution in [3.8, 4) is 0 Å². The molecule has 1 saturated heterocycles. The number of piperazine rings is 1. The molecule has 4 aromatic rings. The zero-order valence-electron chi connectivity index (χ0n) is 18.9. The van der Waals surface area contributed by atoms with Crippen LogP contribution < -0.4 is 10.2 Å². The molecule has 8 heteroatoms. The van der Waals surface area contributed by atoms with Gasteiger partial charge in [0.05, 0.1) is 11.1 Å². The van der Waals surface area contributed by atoms with Gasteiger partial charge in [-0.25, -0.2) is 0 Å². The summed E-state index contributed by atoms with van der Waals surface area (Å²) >= 11 is 3.49. The van der Waals surface area contributed by atoms with E-state index in [1.54, 1.807) is 6.07 Å².